The molecule has 1 atom stereocenters. The molecule has 0 amide bonds. The minimum absolute atomic E-state index is 0.00168. The van der Waals surface area contributed by atoms with Gasteiger partial charge in [-0.3, -0.25) is 0 Å². The summed E-state index contributed by atoms with van der Waals surface area (Å²) in [5, 5.41) is 15.5. The molecule has 20 heavy (non-hydrogen) atoms. The van der Waals surface area contributed by atoms with E-state index in [1.807, 2.05) is 6.92 Å². The maximum Gasteiger partial charge on any atom is 0.435 e. The van der Waals surface area contributed by atoms with Crippen molar-refractivity contribution in [3.8, 4) is 0 Å². The number of aliphatic hydroxyl groups excluding tert-OH is 1. The van der Waals surface area contributed by atoms with E-state index < -0.39 is 11.9 Å². The molecule has 0 saturated carbocycles. The molecule has 2 aromatic heterocycles. The molecule has 5 nitrogen and oxygen atoms in total. The van der Waals surface area contributed by atoms with Crippen LogP contribution in [0, 0.1) is 0 Å². The summed E-state index contributed by atoms with van der Waals surface area (Å²) in [7, 11) is 0. The Hall–Kier alpha value is -1.83. The molecule has 110 valence electrons. The van der Waals surface area contributed by atoms with Gasteiger partial charge in [0.2, 0.25) is 0 Å². The third-order valence-electron chi connectivity index (χ3n) is 2.99. The van der Waals surface area contributed by atoms with Crippen molar-refractivity contribution in [2.24, 2.45) is 0 Å². The molecule has 0 spiro atoms. The van der Waals surface area contributed by atoms with Gasteiger partial charge in [0, 0.05) is 31.1 Å². The van der Waals surface area contributed by atoms with E-state index in [1.165, 1.54) is 12.4 Å². The molecule has 2 N–H and O–H groups in total. The molecule has 0 bridgehead atoms. The summed E-state index contributed by atoms with van der Waals surface area (Å²) in [5.41, 5.74) is -0.694. The van der Waals surface area contributed by atoms with Crippen molar-refractivity contribution >= 4 is 11.3 Å². The third-order valence-corrected chi connectivity index (χ3v) is 2.99. The molecule has 0 radical (unpaired) electrons. The van der Waals surface area contributed by atoms with Crippen LogP contribution in [0.3, 0.4) is 0 Å². The first kappa shape index (κ1) is 14.6. The summed E-state index contributed by atoms with van der Waals surface area (Å²) in [6.45, 7) is 1.92. The highest BCUT2D eigenvalue weighted by atomic mass is 19.4. The first-order valence-electron chi connectivity index (χ1n) is 6.24. The third kappa shape index (κ3) is 3.01. The summed E-state index contributed by atoms with van der Waals surface area (Å²) in [6, 6.07) is 0.906. The quantitative estimate of drug-likeness (QED) is 0.886. The Morgan fingerprint density at radius 3 is 2.80 bits per heavy atom. The molecule has 1 unspecified atom stereocenters. The number of aliphatic hydroxyl groups is 1. The van der Waals surface area contributed by atoms with Gasteiger partial charge in [-0.25, -0.2) is 9.50 Å². The maximum atomic E-state index is 12.7. The highest BCUT2D eigenvalue weighted by Gasteiger charge is 2.34. The second-order valence-electron chi connectivity index (χ2n) is 4.39. The molecule has 0 aliphatic carbocycles. The number of nitrogens with one attached hydrogen (secondary N) is 1. The Labute approximate surface area is 113 Å². The standard InChI is InChI=1S/C12H15F3N4O/c1-2-8(3-6-20)17-11-9-7-10(12(13,14)15)18-19(9)5-4-16-11/h4-5,7-8,20H,2-3,6H2,1H3,(H,16,17). The summed E-state index contributed by atoms with van der Waals surface area (Å²) < 4.78 is 39.1. The molecule has 8 heteroatoms. The number of alkyl halides is 3. The number of rotatable bonds is 5. The van der Waals surface area contributed by atoms with Gasteiger partial charge in [-0.2, -0.15) is 18.3 Å². The smallest absolute Gasteiger partial charge is 0.396 e. The minimum Gasteiger partial charge on any atom is -0.396 e. The lowest BCUT2D eigenvalue weighted by molar-refractivity contribution is -0.141. The van der Waals surface area contributed by atoms with Crippen LogP contribution in [0.4, 0.5) is 19.0 Å². The van der Waals surface area contributed by atoms with E-state index in [0.29, 0.717) is 12.2 Å². The Balaban J connectivity index is 2.36. The molecular weight excluding hydrogens is 273 g/mol. The van der Waals surface area contributed by atoms with Crippen LogP contribution in [0.2, 0.25) is 0 Å². The number of fused-ring (bicyclic) bond motifs is 1. The average molecular weight is 288 g/mol. The lowest BCUT2D eigenvalue weighted by Gasteiger charge is -2.16. The molecule has 2 aromatic rings. The number of halogens is 3. The van der Waals surface area contributed by atoms with E-state index in [-0.39, 0.29) is 18.2 Å². The van der Waals surface area contributed by atoms with E-state index in [4.69, 9.17) is 5.11 Å². The monoisotopic (exact) mass is 288 g/mol. The van der Waals surface area contributed by atoms with Gasteiger partial charge in [0.05, 0.1) is 0 Å². The van der Waals surface area contributed by atoms with Crippen LogP contribution in [-0.4, -0.2) is 32.4 Å². The molecule has 0 aliphatic heterocycles. The molecule has 0 aliphatic rings. The number of hydrogen-bond acceptors (Lipinski definition) is 4. The average Bonchev–Trinajstić information content (AvgIpc) is 2.83. The van der Waals surface area contributed by atoms with Gasteiger partial charge in [0.1, 0.15) is 5.52 Å². The second-order valence-corrected chi connectivity index (χ2v) is 4.39. The second kappa shape index (κ2) is 5.66. The fraction of sp³-hybridized carbons (Fsp3) is 0.500. The number of hydrogen-bond donors (Lipinski definition) is 2. The zero-order valence-electron chi connectivity index (χ0n) is 10.9. The fourth-order valence-electron chi connectivity index (χ4n) is 1.90. The van der Waals surface area contributed by atoms with Gasteiger partial charge >= 0.3 is 6.18 Å². The summed E-state index contributed by atoms with van der Waals surface area (Å²) in [5.74, 6) is 0.329. The van der Waals surface area contributed by atoms with Crippen molar-refractivity contribution in [1.29, 1.82) is 0 Å². The fourth-order valence-corrected chi connectivity index (χ4v) is 1.90. The first-order chi connectivity index (χ1) is 9.45. The van der Waals surface area contributed by atoms with E-state index in [2.05, 4.69) is 15.4 Å². The van der Waals surface area contributed by atoms with Crippen LogP contribution >= 0.6 is 0 Å². The van der Waals surface area contributed by atoms with Gasteiger partial charge in [0.25, 0.3) is 0 Å². The lowest BCUT2D eigenvalue weighted by atomic mass is 10.1. The molecule has 0 aromatic carbocycles. The number of aromatic nitrogens is 3. The molecule has 2 heterocycles. The van der Waals surface area contributed by atoms with Crippen molar-refractivity contribution < 1.29 is 18.3 Å². The number of anilines is 1. The highest BCUT2D eigenvalue weighted by molar-refractivity contribution is 5.68. The molecular formula is C12H15F3N4O. The van der Waals surface area contributed by atoms with E-state index in [1.54, 1.807) is 0 Å². The van der Waals surface area contributed by atoms with Crippen molar-refractivity contribution in [1.82, 2.24) is 14.6 Å². The predicted octanol–water partition coefficient (Wildman–Crippen LogP) is 2.32. The largest absolute Gasteiger partial charge is 0.435 e. The van der Waals surface area contributed by atoms with Gasteiger partial charge in [-0.15, -0.1) is 0 Å². The zero-order valence-corrected chi connectivity index (χ0v) is 10.9. The van der Waals surface area contributed by atoms with E-state index in [9.17, 15) is 13.2 Å². The van der Waals surface area contributed by atoms with Gasteiger partial charge in [0.15, 0.2) is 11.5 Å². The van der Waals surface area contributed by atoms with Crippen molar-refractivity contribution in [2.75, 3.05) is 11.9 Å². The van der Waals surface area contributed by atoms with E-state index in [0.717, 1.165) is 17.0 Å². The van der Waals surface area contributed by atoms with Crippen LogP contribution < -0.4 is 5.32 Å². The van der Waals surface area contributed by atoms with Crippen molar-refractivity contribution in [3.05, 3.63) is 24.2 Å². The number of nitrogens with zero attached hydrogens (tertiary/aromatic N) is 3. The normalized spacial score (nSPS) is 13.7. The minimum atomic E-state index is -4.49. The highest BCUT2D eigenvalue weighted by Crippen LogP contribution is 2.30. The van der Waals surface area contributed by atoms with Gasteiger partial charge in [-0.05, 0) is 12.8 Å². The molecule has 0 fully saturated rings. The van der Waals surface area contributed by atoms with Gasteiger partial charge < -0.3 is 10.4 Å². The summed E-state index contributed by atoms with van der Waals surface area (Å²) >= 11 is 0. The Morgan fingerprint density at radius 1 is 1.45 bits per heavy atom. The summed E-state index contributed by atoms with van der Waals surface area (Å²) in [4.78, 5) is 4.05. The van der Waals surface area contributed by atoms with Crippen molar-refractivity contribution in [3.63, 3.8) is 0 Å². The van der Waals surface area contributed by atoms with Crippen LogP contribution in [0.25, 0.3) is 5.52 Å². The Bertz CT molecular complexity index is 582. The lowest BCUT2D eigenvalue weighted by Crippen LogP contribution is -2.20. The Kier molecular flexibility index (Phi) is 4.12. The van der Waals surface area contributed by atoms with E-state index >= 15 is 0 Å². The summed E-state index contributed by atoms with van der Waals surface area (Å²) in [6.07, 6.45) is -0.515. The van der Waals surface area contributed by atoms with Gasteiger partial charge in [-0.1, -0.05) is 6.92 Å². The predicted molar refractivity (Wildman–Crippen MR) is 67.4 cm³/mol. The SMILES string of the molecule is CCC(CCO)Nc1nccn2nc(C(F)(F)F)cc12. The maximum absolute atomic E-state index is 12.7. The Morgan fingerprint density at radius 2 is 2.20 bits per heavy atom. The van der Waals surface area contributed by atoms with Crippen LogP contribution in [0.1, 0.15) is 25.5 Å². The molecule has 2 rings (SSSR count). The first-order valence-corrected chi connectivity index (χ1v) is 6.24. The van der Waals surface area contributed by atoms with Crippen LogP contribution in [0.5, 0.6) is 0 Å². The van der Waals surface area contributed by atoms with Crippen LogP contribution in [0.15, 0.2) is 18.5 Å². The molecule has 0 saturated heterocycles. The topological polar surface area (TPSA) is 62.5 Å². The zero-order chi connectivity index (χ0) is 14.8. The van der Waals surface area contributed by atoms with Crippen LogP contribution in [-0.2, 0) is 6.18 Å². The van der Waals surface area contributed by atoms with Crippen molar-refractivity contribution in [2.45, 2.75) is 32.0 Å².